The molecule has 300 valence electrons. The van der Waals surface area contributed by atoms with E-state index in [-0.39, 0.29) is 6.61 Å². The van der Waals surface area contributed by atoms with Gasteiger partial charge < -0.3 is 45.4 Å². The van der Waals surface area contributed by atoms with E-state index in [9.17, 15) is 35.4 Å². The van der Waals surface area contributed by atoms with Gasteiger partial charge in [0, 0.05) is 0 Å². The number of hydrogen-bond donors (Lipinski definition) is 7. The van der Waals surface area contributed by atoms with Crippen LogP contribution in [0.15, 0.2) is 23.8 Å². The topological polar surface area (TPSA) is 169 Å². The average Bonchev–Trinajstić information content (AvgIpc) is 3.12. The highest BCUT2D eigenvalue weighted by atomic mass is 16.7. The molecule has 0 aromatic rings. The van der Waals surface area contributed by atoms with E-state index >= 15 is 0 Å². The second-order valence-electron chi connectivity index (χ2n) is 14.8. The van der Waals surface area contributed by atoms with E-state index in [0.29, 0.717) is 19.3 Å². The lowest BCUT2D eigenvalue weighted by Crippen LogP contribution is -2.60. The first-order chi connectivity index (χ1) is 24.7. The second kappa shape index (κ2) is 31.0. The zero-order valence-electron chi connectivity index (χ0n) is 32.4. The van der Waals surface area contributed by atoms with Gasteiger partial charge in [0.05, 0.1) is 25.4 Å². The molecule has 8 atom stereocenters. The van der Waals surface area contributed by atoms with Crippen LogP contribution in [-0.2, 0) is 14.3 Å². The fourth-order valence-electron chi connectivity index (χ4n) is 6.48. The zero-order valence-corrected chi connectivity index (χ0v) is 32.4. The van der Waals surface area contributed by atoms with Gasteiger partial charge in [-0.05, 0) is 39.0 Å². The molecule has 10 nitrogen and oxygen atoms in total. The molecule has 0 bridgehead atoms. The molecule has 10 heteroatoms. The van der Waals surface area contributed by atoms with E-state index in [4.69, 9.17) is 9.47 Å². The van der Waals surface area contributed by atoms with Crippen molar-refractivity contribution in [2.75, 3.05) is 13.2 Å². The largest absolute Gasteiger partial charge is 0.394 e. The summed E-state index contributed by atoms with van der Waals surface area (Å²) < 4.78 is 11.1. The van der Waals surface area contributed by atoms with E-state index in [1.165, 1.54) is 102 Å². The molecule has 7 N–H and O–H groups in total. The highest BCUT2D eigenvalue weighted by Gasteiger charge is 2.44. The number of amides is 1. The molecule has 0 radical (unpaired) electrons. The van der Waals surface area contributed by atoms with Crippen LogP contribution in [0.2, 0.25) is 0 Å². The Morgan fingerprint density at radius 1 is 0.745 bits per heavy atom. The number of ether oxygens (including phenoxy) is 2. The highest BCUT2D eigenvalue weighted by Crippen LogP contribution is 2.22. The molecule has 0 saturated carbocycles. The molecule has 0 aromatic heterocycles. The summed E-state index contributed by atoms with van der Waals surface area (Å²) in [6.45, 7) is 5.67. The quantitative estimate of drug-likeness (QED) is 0.0301. The predicted octanol–water partition coefficient (Wildman–Crippen LogP) is 6.52. The van der Waals surface area contributed by atoms with Crippen LogP contribution in [0.25, 0.3) is 0 Å². The molecule has 1 aliphatic heterocycles. The number of allylic oxidation sites excluding steroid dienone is 3. The molecule has 1 heterocycles. The first kappa shape index (κ1) is 47.7. The molecule has 1 aliphatic rings. The third-order valence-electron chi connectivity index (χ3n) is 10.00. The van der Waals surface area contributed by atoms with Crippen molar-refractivity contribution in [3.05, 3.63) is 23.8 Å². The van der Waals surface area contributed by atoms with Crippen LogP contribution in [0.3, 0.4) is 0 Å². The van der Waals surface area contributed by atoms with E-state index in [0.717, 1.165) is 32.1 Å². The number of aliphatic hydroxyl groups excluding tert-OH is 6. The van der Waals surface area contributed by atoms with Gasteiger partial charge in [-0.1, -0.05) is 153 Å². The van der Waals surface area contributed by atoms with E-state index in [2.05, 4.69) is 32.2 Å². The Balaban J connectivity index is 2.52. The lowest BCUT2D eigenvalue weighted by molar-refractivity contribution is -0.302. The number of unbranched alkanes of at least 4 members (excludes halogenated alkanes) is 18. The number of rotatable bonds is 32. The van der Waals surface area contributed by atoms with Crippen molar-refractivity contribution in [3.8, 4) is 0 Å². The van der Waals surface area contributed by atoms with Crippen molar-refractivity contribution in [3.63, 3.8) is 0 Å². The second-order valence-corrected chi connectivity index (χ2v) is 14.8. The smallest absolute Gasteiger partial charge is 0.249 e. The molecule has 1 fully saturated rings. The standard InChI is InChI=1S/C41H77NO9/c1-4-6-8-10-11-12-13-14-15-16-17-18-19-20-24-29-35(45)40(49)42-33(31-50-41-39(48)38(47)37(46)36(30-43)51-41)34(44)28-25-21-23-27-32(3)26-22-9-7-5-2/h25,27-28,33-39,41,43-48H,4-24,26,29-31H2,1-3H3,(H,42,49)/b28-25+,32-27+/t33-,34+,35+,36+,37+,38-,39+,41+/m0/s1. The van der Waals surface area contributed by atoms with E-state index in [1.54, 1.807) is 6.08 Å². The lowest BCUT2D eigenvalue weighted by Gasteiger charge is -2.40. The number of aliphatic hydroxyl groups is 6. The van der Waals surface area contributed by atoms with Crippen LogP contribution in [0, 0.1) is 0 Å². The molecule has 0 aliphatic carbocycles. The predicted molar refractivity (Wildman–Crippen MR) is 204 cm³/mol. The van der Waals surface area contributed by atoms with Gasteiger partial charge >= 0.3 is 0 Å². The minimum atomic E-state index is -1.61. The molecule has 1 amide bonds. The van der Waals surface area contributed by atoms with Crippen molar-refractivity contribution in [2.45, 2.75) is 217 Å². The fourth-order valence-corrected chi connectivity index (χ4v) is 6.48. The highest BCUT2D eigenvalue weighted by molar-refractivity contribution is 5.80. The number of carbonyl (C=O) groups excluding carboxylic acids is 1. The van der Waals surface area contributed by atoms with Gasteiger partial charge in [0.25, 0.3) is 0 Å². The summed E-state index contributed by atoms with van der Waals surface area (Å²) in [5.74, 6) is -0.628. The summed E-state index contributed by atoms with van der Waals surface area (Å²) in [6, 6.07) is -0.993. The van der Waals surface area contributed by atoms with Crippen molar-refractivity contribution in [1.82, 2.24) is 5.32 Å². The molecule has 0 unspecified atom stereocenters. The Morgan fingerprint density at radius 2 is 1.27 bits per heavy atom. The minimum Gasteiger partial charge on any atom is -0.394 e. The monoisotopic (exact) mass is 728 g/mol. The molecule has 0 aromatic carbocycles. The summed E-state index contributed by atoms with van der Waals surface area (Å²) in [4.78, 5) is 13.0. The van der Waals surface area contributed by atoms with Gasteiger partial charge in [-0.15, -0.1) is 0 Å². The van der Waals surface area contributed by atoms with Crippen molar-refractivity contribution in [2.24, 2.45) is 0 Å². The van der Waals surface area contributed by atoms with Crippen molar-refractivity contribution in [1.29, 1.82) is 0 Å². The molecule has 0 spiro atoms. The maximum atomic E-state index is 13.0. The molecular formula is C41H77NO9. The van der Waals surface area contributed by atoms with E-state index < -0.39 is 61.5 Å². The van der Waals surface area contributed by atoms with Gasteiger partial charge in [-0.2, -0.15) is 0 Å². The molecule has 1 saturated heterocycles. The van der Waals surface area contributed by atoms with Crippen molar-refractivity contribution >= 4 is 5.91 Å². The van der Waals surface area contributed by atoms with Crippen LogP contribution in [0.1, 0.15) is 168 Å². The maximum absolute atomic E-state index is 13.0. The first-order valence-electron chi connectivity index (χ1n) is 20.6. The molecule has 1 rings (SSSR count). The Morgan fingerprint density at radius 3 is 1.82 bits per heavy atom. The average molecular weight is 728 g/mol. The lowest BCUT2D eigenvalue weighted by atomic mass is 9.99. The normalized spacial score (nSPS) is 23.1. The van der Waals surface area contributed by atoms with Gasteiger partial charge in [-0.25, -0.2) is 0 Å². The fraction of sp³-hybridized carbons (Fsp3) is 0.878. The van der Waals surface area contributed by atoms with Crippen LogP contribution < -0.4 is 5.32 Å². The third-order valence-corrected chi connectivity index (χ3v) is 10.00. The maximum Gasteiger partial charge on any atom is 0.249 e. The zero-order chi connectivity index (χ0) is 37.7. The van der Waals surface area contributed by atoms with Crippen LogP contribution in [-0.4, -0.2) is 98.7 Å². The SMILES string of the molecule is CCCCCCCCCCCCCCCCC[C@@H](O)C(=O)N[C@@H](CO[C@@H]1O[C@H](CO)[C@@H](O)[C@H](O)[C@H]1O)[C@H](O)/C=C/CC/C=C(\C)CCCCCC. The van der Waals surface area contributed by atoms with Crippen LogP contribution in [0.5, 0.6) is 0 Å². The van der Waals surface area contributed by atoms with Gasteiger partial charge in [0.15, 0.2) is 6.29 Å². The summed E-state index contributed by atoms with van der Waals surface area (Å²) in [7, 11) is 0. The molecule has 51 heavy (non-hydrogen) atoms. The van der Waals surface area contributed by atoms with Crippen LogP contribution in [0.4, 0.5) is 0 Å². The summed E-state index contributed by atoms with van der Waals surface area (Å²) >= 11 is 0. The minimum absolute atomic E-state index is 0.306. The Kier molecular flexibility index (Phi) is 29.0. The van der Waals surface area contributed by atoms with E-state index in [1.807, 2.05) is 6.08 Å². The summed E-state index contributed by atoms with van der Waals surface area (Å²) in [6.07, 6.45) is 22.1. The first-order valence-corrected chi connectivity index (χ1v) is 20.6. The van der Waals surface area contributed by atoms with Gasteiger partial charge in [-0.3, -0.25) is 4.79 Å². The Labute approximate surface area is 310 Å². The summed E-state index contributed by atoms with van der Waals surface area (Å²) in [5.41, 5.74) is 1.35. The number of carbonyl (C=O) groups is 1. The third kappa shape index (κ3) is 22.4. The van der Waals surface area contributed by atoms with Crippen LogP contribution >= 0.6 is 0 Å². The van der Waals surface area contributed by atoms with Gasteiger partial charge in [0.2, 0.25) is 5.91 Å². The number of nitrogens with one attached hydrogen (secondary N) is 1. The Hall–Kier alpha value is -1.37. The van der Waals surface area contributed by atoms with Crippen molar-refractivity contribution < 1.29 is 44.9 Å². The number of hydrogen-bond acceptors (Lipinski definition) is 9. The summed E-state index contributed by atoms with van der Waals surface area (Å²) in [5, 5.41) is 64.4. The van der Waals surface area contributed by atoms with Gasteiger partial charge in [0.1, 0.15) is 30.5 Å². The Bertz CT molecular complexity index is 898. The molecular weight excluding hydrogens is 650 g/mol.